The van der Waals surface area contributed by atoms with Gasteiger partial charge in [0.1, 0.15) is 5.75 Å². The van der Waals surface area contributed by atoms with Crippen molar-refractivity contribution in [2.24, 2.45) is 7.05 Å². The molecule has 0 aliphatic carbocycles. The molecular weight excluding hydrogens is 278 g/mol. The van der Waals surface area contributed by atoms with Crippen LogP contribution in [0.2, 0.25) is 0 Å². The van der Waals surface area contributed by atoms with E-state index in [-0.39, 0.29) is 6.03 Å². The quantitative estimate of drug-likeness (QED) is 0.771. The van der Waals surface area contributed by atoms with Gasteiger partial charge in [0.15, 0.2) is 0 Å². The molecule has 0 saturated heterocycles. The van der Waals surface area contributed by atoms with Gasteiger partial charge in [-0.1, -0.05) is 30.3 Å². The predicted molar refractivity (Wildman–Crippen MR) is 88.6 cm³/mol. The molecule has 112 valence electrons. The van der Waals surface area contributed by atoms with Gasteiger partial charge in [-0.2, -0.15) is 0 Å². The number of rotatable bonds is 3. The third-order valence-corrected chi connectivity index (χ3v) is 3.50. The van der Waals surface area contributed by atoms with E-state index in [0.29, 0.717) is 11.4 Å². The fourth-order valence-corrected chi connectivity index (χ4v) is 2.47. The van der Waals surface area contributed by atoms with Crippen LogP contribution in [0.4, 0.5) is 16.2 Å². The van der Waals surface area contributed by atoms with Crippen LogP contribution in [0.1, 0.15) is 0 Å². The van der Waals surface area contributed by atoms with E-state index in [1.807, 2.05) is 54.2 Å². The molecule has 2 aromatic carbocycles. The van der Waals surface area contributed by atoms with E-state index in [4.69, 9.17) is 4.74 Å². The SMILES string of the molecule is COc1ccccc1NC(=O)Nc1cn(C)c2ccccc12. The molecule has 0 fully saturated rings. The fraction of sp³-hybridized carbons (Fsp3) is 0.118. The number of amides is 2. The number of aryl methyl sites for hydroxylation is 1. The van der Waals surface area contributed by atoms with Crippen LogP contribution < -0.4 is 15.4 Å². The largest absolute Gasteiger partial charge is 0.495 e. The summed E-state index contributed by atoms with van der Waals surface area (Å²) in [6.45, 7) is 0. The highest BCUT2D eigenvalue weighted by molar-refractivity contribution is 6.06. The molecule has 0 saturated carbocycles. The summed E-state index contributed by atoms with van der Waals surface area (Å²) in [5.74, 6) is 0.621. The van der Waals surface area contributed by atoms with E-state index in [1.54, 1.807) is 19.2 Å². The molecule has 2 amide bonds. The average Bonchev–Trinajstić information content (AvgIpc) is 2.84. The number of methoxy groups -OCH3 is 1. The van der Waals surface area contributed by atoms with Crippen molar-refractivity contribution in [1.82, 2.24) is 4.57 Å². The second-order valence-corrected chi connectivity index (χ2v) is 4.95. The Morgan fingerprint density at radius 2 is 1.68 bits per heavy atom. The summed E-state index contributed by atoms with van der Waals surface area (Å²) >= 11 is 0. The van der Waals surface area contributed by atoms with Crippen LogP contribution in [0.25, 0.3) is 10.9 Å². The van der Waals surface area contributed by atoms with Crippen molar-refractivity contribution < 1.29 is 9.53 Å². The molecule has 1 aromatic heterocycles. The minimum atomic E-state index is -0.305. The zero-order valence-electron chi connectivity index (χ0n) is 12.5. The number of carbonyl (C=O) groups is 1. The summed E-state index contributed by atoms with van der Waals surface area (Å²) in [5, 5.41) is 6.68. The van der Waals surface area contributed by atoms with Gasteiger partial charge in [0.2, 0.25) is 0 Å². The fourth-order valence-electron chi connectivity index (χ4n) is 2.47. The monoisotopic (exact) mass is 295 g/mol. The molecule has 22 heavy (non-hydrogen) atoms. The molecule has 0 aliphatic rings. The number of ether oxygens (including phenoxy) is 1. The number of nitrogens with one attached hydrogen (secondary N) is 2. The van der Waals surface area contributed by atoms with Crippen molar-refractivity contribution in [3.05, 3.63) is 54.7 Å². The number of nitrogens with zero attached hydrogens (tertiary/aromatic N) is 1. The summed E-state index contributed by atoms with van der Waals surface area (Å²) in [6, 6.07) is 14.9. The molecule has 3 rings (SSSR count). The van der Waals surface area contributed by atoms with E-state index in [0.717, 1.165) is 16.6 Å². The van der Waals surface area contributed by atoms with Gasteiger partial charge in [-0.15, -0.1) is 0 Å². The van der Waals surface area contributed by atoms with E-state index >= 15 is 0 Å². The smallest absolute Gasteiger partial charge is 0.323 e. The van der Waals surface area contributed by atoms with Gasteiger partial charge in [-0.3, -0.25) is 0 Å². The minimum absolute atomic E-state index is 0.305. The first-order valence-electron chi connectivity index (χ1n) is 6.94. The van der Waals surface area contributed by atoms with Crippen LogP contribution in [0.15, 0.2) is 54.7 Å². The van der Waals surface area contributed by atoms with E-state index < -0.39 is 0 Å². The van der Waals surface area contributed by atoms with Gasteiger partial charge in [-0.25, -0.2) is 4.79 Å². The Balaban J connectivity index is 1.82. The second-order valence-electron chi connectivity index (χ2n) is 4.95. The Labute approximate surface area is 128 Å². The van der Waals surface area contributed by atoms with Crippen molar-refractivity contribution in [1.29, 1.82) is 0 Å². The zero-order chi connectivity index (χ0) is 15.5. The normalized spacial score (nSPS) is 10.5. The van der Waals surface area contributed by atoms with E-state index in [1.165, 1.54) is 0 Å². The van der Waals surface area contributed by atoms with Gasteiger partial charge in [0.25, 0.3) is 0 Å². The molecule has 0 radical (unpaired) electrons. The Kier molecular flexibility index (Phi) is 3.70. The third-order valence-electron chi connectivity index (χ3n) is 3.50. The topological polar surface area (TPSA) is 55.3 Å². The van der Waals surface area contributed by atoms with Gasteiger partial charge in [0, 0.05) is 24.1 Å². The Bertz CT molecular complexity index is 824. The molecule has 5 heteroatoms. The van der Waals surface area contributed by atoms with Crippen molar-refractivity contribution >= 4 is 28.3 Å². The Hall–Kier alpha value is -2.95. The molecule has 1 heterocycles. The standard InChI is InChI=1S/C17H17N3O2/c1-20-11-14(12-7-3-5-9-15(12)20)19-17(21)18-13-8-4-6-10-16(13)22-2/h3-11H,1-2H3,(H2,18,19,21). The number of anilines is 2. The van der Waals surface area contributed by atoms with Crippen LogP contribution in [0.3, 0.4) is 0 Å². The van der Waals surface area contributed by atoms with Crippen molar-refractivity contribution in [2.45, 2.75) is 0 Å². The van der Waals surface area contributed by atoms with Crippen molar-refractivity contribution in [3.63, 3.8) is 0 Å². The van der Waals surface area contributed by atoms with Gasteiger partial charge >= 0.3 is 6.03 Å². The number of benzene rings is 2. The summed E-state index contributed by atoms with van der Waals surface area (Å²) < 4.78 is 7.20. The number of urea groups is 1. The average molecular weight is 295 g/mol. The van der Waals surface area contributed by atoms with Crippen LogP contribution in [0, 0.1) is 0 Å². The number of para-hydroxylation sites is 3. The van der Waals surface area contributed by atoms with Gasteiger partial charge < -0.3 is 19.9 Å². The lowest BCUT2D eigenvalue weighted by atomic mass is 10.2. The number of carbonyl (C=O) groups excluding carboxylic acids is 1. The van der Waals surface area contributed by atoms with E-state index in [2.05, 4.69) is 10.6 Å². The predicted octanol–water partition coefficient (Wildman–Crippen LogP) is 3.83. The lowest BCUT2D eigenvalue weighted by Crippen LogP contribution is -2.19. The third kappa shape index (κ3) is 2.61. The summed E-state index contributed by atoms with van der Waals surface area (Å²) in [4.78, 5) is 12.2. The molecule has 0 bridgehead atoms. The minimum Gasteiger partial charge on any atom is -0.495 e. The lowest BCUT2D eigenvalue weighted by molar-refractivity contribution is 0.262. The second kappa shape index (κ2) is 5.81. The van der Waals surface area contributed by atoms with Crippen LogP contribution in [0.5, 0.6) is 5.75 Å². The van der Waals surface area contributed by atoms with Crippen molar-refractivity contribution in [2.75, 3.05) is 17.7 Å². The Morgan fingerprint density at radius 1 is 1.00 bits per heavy atom. The molecule has 5 nitrogen and oxygen atoms in total. The van der Waals surface area contributed by atoms with Crippen molar-refractivity contribution in [3.8, 4) is 5.75 Å². The number of aromatic nitrogens is 1. The van der Waals surface area contributed by atoms with Gasteiger partial charge in [0.05, 0.1) is 18.5 Å². The van der Waals surface area contributed by atoms with Gasteiger partial charge in [-0.05, 0) is 18.2 Å². The maximum atomic E-state index is 12.2. The highest BCUT2D eigenvalue weighted by Crippen LogP contribution is 2.26. The number of hydrogen-bond donors (Lipinski definition) is 2. The first kappa shape index (κ1) is 14.0. The van der Waals surface area contributed by atoms with E-state index in [9.17, 15) is 4.79 Å². The molecule has 2 N–H and O–H groups in total. The first-order chi connectivity index (χ1) is 10.7. The molecule has 3 aromatic rings. The van der Waals surface area contributed by atoms with Crippen LogP contribution in [-0.2, 0) is 7.05 Å². The summed E-state index contributed by atoms with van der Waals surface area (Å²) in [7, 11) is 3.52. The maximum Gasteiger partial charge on any atom is 0.323 e. The zero-order valence-corrected chi connectivity index (χ0v) is 12.5. The first-order valence-corrected chi connectivity index (χ1v) is 6.94. The lowest BCUT2D eigenvalue weighted by Gasteiger charge is -2.10. The molecule has 0 spiro atoms. The maximum absolute atomic E-state index is 12.2. The number of fused-ring (bicyclic) bond motifs is 1. The summed E-state index contributed by atoms with van der Waals surface area (Å²) in [6.07, 6.45) is 1.90. The highest BCUT2D eigenvalue weighted by Gasteiger charge is 2.10. The van der Waals surface area contributed by atoms with Crippen LogP contribution in [-0.4, -0.2) is 17.7 Å². The molecular formula is C17H17N3O2. The number of hydrogen-bond acceptors (Lipinski definition) is 2. The molecule has 0 atom stereocenters. The molecule has 0 unspecified atom stereocenters. The van der Waals surface area contributed by atoms with Crippen LogP contribution >= 0.6 is 0 Å². The Morgan fingerprint density at radius 3 is 2.50 bits per heavy atom. The molecule has 0 aliphatic heterocycles. The highest BCUT2D eigenvalue weighted by atomic mass is 16.5. The summed E-state index contributed by atoms with van der Waals surface area (Å²) in [5.41, 5.74) is 2.46.